The molecule has 1 aliphatic carbocycles. The number of hydrogen-bond acceptors (Lipinski definition) is 2. The molecule has 0 spiro atoms. The number of carbonyl (C=O) groups is 1. The first-order chi connectivity index (χ1) is 7.59. The molecule has 2 rings (SSSR count). The van der Waals surface area contributed by atoms with Crippen LogP contribution in [0.5, 0.6) is 0 Å². The summed E-state index contributed by atoms with van der Waals surface area (Å²) in [6.45, 7) is 7.30. The average Bonchev–Trinajstić information content (AvgIpc) is 2.81. The fourth-order valence-corrected chi connectivity index (χ4v) is 2.99. The molecule has 1 amide bonds. The molecule has 3 heteroatoms. The van der Waals surface area contributed by atoms with Gasteiger partial charge in [-0.25, -0.2) is 0 Å². The van der Waals surface area contributed by atoms with E-state index in [1.165, 1.54) is 25.7 Å². The fourth-order valence-electron chi connectivity index (χ4n) is 2.99. The molecule has 2 aliphatic rings. The number of carbonyl (C=O) groups excluding carboxylic acids is 1. The summed E-state index contributed by atoms with van der Waals surface area (Å²) < 4.78 is 0. The van der Waals surface area contributed by atoms with Gasteiger partial charge in [0.1, 0.15) is 0 Å². The molecular weight excluding hydrogens is 200 g/mol. The van der Waals surface area contributed by atoms with E-state index in [0.717, 1.165) is 12.5 Å². The lowest BCUT2D eigenvalue weighted by Gasteiger charge is -2.24. The van der Waals surface area contributed by atoms with Crippen LogP contribution in [0.15, 0.2) is 0 Å². The SMILES string of the molecule is CC(C)C1NC(C)N(CC2CCCC2)C1=O. The van der Waals surface area contributed by atoms with Gasteiger partial charge >= 0.3 is 0 Å². The zero-order chi connectivity index (χ0) is 11.7. The molecule has 3 nitrogen and oxygen atoms in total. The van der Waals surface area contributed by atoms with Gasteiger partial charge in [0.15, 0.2) is 0 Å². The first-order valence-electron chi connectivity index (χ1n) is 6.66. The van der Waals surface area contributed by atoms with Crippen molar-refractivity contribution >= 4 is 5.91 Å². The molecule has 16 heavy (non-hydrogen) atoms. The van der Waals surface area contributed by atoms with Crippen LogP contribution in [0.4, 0.5) is 0 Å². The fraction of sp³-hybridized carbons (Fsp3) is 0.923. The van der Waals surface area contributed by atoms with E-state index in [9.17, 15) is 4.79 Å². The largest absolute Gasteiger partial charge is 0.326 e. The van der Waals surface area contributed by atoms with E-state index in [1.54, 1.807) is 0 Å². The third-order valence-corrected chi connectivity index (χ3v) is 4.03. The third kappa shape index (κ3) is 2.24. The van der Waals surface area contributed by atoms with E-state index >= 15 is 0 Å². The molecule has 2 fully saturated rings. The molecule has 1 heterocycles. The van der Waals surface area contributed by atoms with E-state index in [-0.39, 0.29) is 12.2 Å². The van der Waals surface area contributed by atoms with Crippen LogP contribution in [0.25, 0.3) is 0 Å². The second kappa shape index (κ2) is 4.74. The molecule has 0 aromatic carbocycles. The molecule has 2 atom stereocenters. The zero-order valence-corrected chi connectivity index (χ0v) is 10.7. The van der Waals surface area contributed by atoms with Crippen LogP contribution >= 0.6 is 0 Å². The monoisotopic (exact) mass is 224 g/mol. The van der Waals surface area contributed by atoms with Gasteiger partial charge in [-0.2, -0.15) is 0 Å². The second-order valence-electron chi connectivity index (χ2n) is 5.71. The maximum absolute atomic E-state index is 12.2. The quantitative estimate of drug-likeness (QED) is 0.795. The van der Waals surface area contributed by atoms with Crippen molar-refractivity contribution < 1.29 is 4.79 Å². The first kappa shape index (κ1) is 11.9. The highest BCUT2D eigenvalue weighted by Gasteiger charge is 2.38. The Hall–Kier alpha value is -0.570. The second-order valence-corrected chi connectivity index (χ2v) is 5.71. The minimum Gasteiger partial charge on any atom is -0.326 e. The summed E-state index contributed by atoms with van der Waals surface area (Å²) >= 11 is 0. The van der Waals surface area contributed by atoms with Crippen molar-refractivity contribution in [3.63, 3.8) is 0 Å². The Balaban J connectivity index is 1.96. The number of nitrogens with one attached hydrogen (secondary N) is 1. The van der Waals surface area contributed by atoms with Gasteiger partial charge in [-0.15, -0.1) is 0 Å². The predicted molar refractivity (Wildman–Crippen MR) is 64.9 cm³/mol. The van der Waals surface area contributed by atoms with Gasteiger partial charge in [-0.05, 0) is 31.6 Å². The summed E-state index contributed by atoms with van der Waals surface area (Å²) in [6.07, 6.45) is 5.54. The Morgan fingerprint density at radius 2 is 2.00 bits per heavy atom. The molecular formula is C13H24N2O. The van der Waals surface area contributed by atoms with Crippen molar-refractivity contribution in [3.8, 4) is 0 Å². The van der Waals surface area contributed by atoms with Crippen LogP contribution in [0.3, 0.4) is 0 Å². The van der Waals surface area contributed by atoms with Crippen molar-refractivity contribution in [2.24, 2.45) is 11.8 Å². The summed E-state index contributed by atoms with van der Waals surface area (Å²) in [5.41, 5.74) is 0. The number of amides is 1. The van der Waals surface area contributed by atoms with E-state index in [0.29, 0.717) is 11.8 Å². The van der Waals surface area contributed by atoms with Crippen LogP contribution in [0.2, 0.25) is 0 Å². The maximum atomic E-state index is 12.2. The Bertz CT molecular complexity index is 259. The summed E-state index contributed by atoms with van der Waals surface area (Å²) in [7, 11) is 0. The Morgan fingerprint density at radius 1 is 1.38 bits per heavy atom. The van der Waals surface area contributed by atoms with Crippen molar-refractivity contribution in [1.82, 2.24) is 10.2 Å². The van der Waals surface area contributed by atoms with Crippen molar-refractivity contribution in [3.05, 3.63) is 0 Å². The minimum atomic E-state index is 0.0383. The van der Waals surface area contributed by atoms with Crippen LogP contribution in [0.1, 0.15) is 46.5 Å². The van der Waals surface area contributed by atoms with Crippen LogP contribution in [0, 0.1) is 11.8 Å². The van der Waals surface area contributed by atoms with Gasteiger partial charge in [0.05, 0.1) is 12.2 Å². The smallest absolute Gasteiger partial charge is 0.241 e. The summed E-state index contributed by atoms with van der Waals surface area (Å²) in [6, 6.07) is 0.0383. The Kier molecular flexibility index (Phi) is 3.53. The third-order valence-electron chi connectivity index (χ3n) is 4.03. The van der Waals surface area contributed by atoms with Crippen molar-refractivity contribution in [2.75, 3.05) is 6.54 Å². The molecule has 1 saturated heterocycles. The van der Waals surface area contributed by atoms with E-state index in [4.69, 9.17) is 0 Å². The van der Waals surface area contributed by atoms with Crippen LogP contribution in [-0.2, 0) is 4.79 Å². The minimum absolute atomic E-state index is 0.0383. The van der Waals surface area contributed by atoms with E-state index in [2.05, 4.69) is 31.0 Å². The molecule has 1 aliphatic heterocycles. The zero-order valence-electron chi connectivity index (χ0n) is 10.7. The van der Waals surface area contributed by atoms with Crippen LogP contribution < -0.4 is 5.32 Å². The van der Waals surface area contributed by atoms with Crippen molar-refractivity contribution in [2.45, 2.75) is 58.7 Å². The highest BCUT2D eigenvalue weighted by atomic mass is 16.2. The standard InChI is InChI=1S/C13H24N2O/c1-9(2)12-13(16)15(10(3)14-12)8-11-6-4-5-7-11/h9-12,14H,4-8H2,1-3H3. The molecule has 0 aromatic heterocycles. The number of nitrogens with zero attached hydrogens (tertiary/aromatic N) is 1. The van der Waals surface area contributed by atoms with Gasteiger partial charge in [0, 0.05) is 6.54 Å². The number of rotatable bonds is 3. The lowest BCUT2D eigenvalue weighted by Crippen LogP contribution is -2.38. The Labute approximate surface area is 98.6 Å². The summed E-state index contributed by atoms with van der Waals surface area (Å²) in [5, 5.41) is 3.40. The predicted octanol–water partition coefficient (Wildman–Crippen LogP) is 1.98. The topological polar surface area (TPSA) is 32.3 Å². The Morgan fingerprint density at radius 3 is 2.50 bits per heavy atom. The van der Waals surface area contributed by atoms with Gasteiger partial charge in [-0.1, -0.05) is 26.7 Å². The molecule has 2 unspecified atom stereocenters. The van der Waals surface area contributed by atoms with Gasteiger partial charge in [-0.3, -0.25) is 10.1 Å². The van der Waals surface area contributed by atoms with E-state index < -0.39 is 0 Å². The van der Waals surface area contributed by atoms with Gasteiger partial charge in [0.25, 0.3) is 0 Å². The summed E-state index contributed by atoms with van der Waals surface area (Å²) in [5.74, 6) is 1.46. The number of hydrogen-bond donors (Lipinski definition) is 1. The van der Waals surface area contributed by atoms with Crippen molar-refractivity contribution in [1.29, 1.82) is 0 Å². The molecule has 0 radical (unpaired) electrons. The summed E-state index contributed by atoms with van der Waals surface area (Å²) in [4.78, 5) is 14.3. The highest BCUT2D eigenvalue weighted by Crippen LogP contribution is 2.27. The lowest BCUT2D eigenvalue weighted by molar-refractivity contribution is -0.131. The van der Waals surface area contributed by atoms with Crippen LogP contribution in [-0.4, -0.2) is 29.6 Å². The molecule has 92 valence electrons. The maximum Gasteiger partial charge on any atom is 0.241 e. The highest BCUT2D eigenvalue weighted by molar-refractivity contribution is 5.84. The normalized spacial score (nSPS) is 32.0. The molecule has 1 N–H and O–H groups in total. The molecule has 0 aromatic rings. The first-order valence-corrected chi connectivity index (χ1v) is 6.66. The van der Waals surface area contributed by atoms with Gasteiger partial charge < -0.3 is 4.90 Å². The molecule has 0 bridgehead atoms. The average molecular weight is 224 g/mol. The lowest BCUT2D eigenvalue weighted by atomic mass is 10.0. The van der Waals surface area contributed by atoms with E-state index in [1.807, 2.05) is 0 Å². The van der Waals surface area contributed by atoms with Gasteiger partial charge in [0.2, 0.25) is 5.91 Å². The molecule has 1 saturated carbocycles.